The van der Waals surface area contributed by atoms with Crippen LogP contribution in [-0.4, -0.2) is 32.0 Å². The molecule has 0 heterocycles. The molecule has 25 heavy (non-hydrogen) atoms. The number of carbonyl (C=O) groups is 2. The second kappa shape index (κ2) is 8.87. The molecule has 0 aliphatic rings. The normalized spacial score (nSPS) is 10.2. The summed E-state index contributed by atoms with van der Waals surface area (Å²) in [6, 6.07) is 15.3. The number of nitrogens with one attached hydrogen (secondary N) is 1. The van der Waals surface area contributed by atoms with Crippen LogP contribution in [0.25, 0.3) is 0 Å². The zero-order chi connectivity index (χ0) is 18.2. The van der Waals surface area contributed by atoms with E-state index in [0.717, 1.165) is 22.6 Å². The summed E-state index contributed by atoms with van der Waals surface area (Å²) in [6.07, 6.45) is 0.702. The first-order valence-corrected chi connectivity index (χ1v) is 8.24. The van der Waals surface area contributed by atoms with Crippen LogP contribution < -0.4 is 15.0 Å². The Kier molecular flexibility index (Phi) is 6.57. The lowest BCUT2D eigenvalue weighted by molar-refractivity contribution is -0.123. The van der Waals surface area contributed by atoms with Crippen molar-refractivity contribution in [1.29, 1.82) is 0 Å². The van der Waals surface area contributed by atoms with E-state index in [2.05, 4.69) is 5.32 Å². The van der Waals surface area contributed by atoms with Crippen molar-refractivity contribution in [3.8, 4) is 5.75 Å². The lowest BCUT2D eigenvalue weighted by atomic mass is 10.1. The molecular formula is C20H24N2O3. The number of nitrogens with zero attached hydrogens (tertiary/aromatic N) is 1. The molecule has 1 N–H and O–H groups in total. The summed E-state index contributed by atoms with van der Waals surface area (Å²) in [5.74, 6) is 0.455. The van der Waals surface area contributed by atoms with E-state index in [4.69, 9.17) is 4.74 Å². The molecule has 0 unspecified atom stereocenters. The zero-order valence-electron chi connectivity index (χ0n) is 14.9. The average molecular weight is 340 g/mol. The monoisotopic (exact) mass is 340 g/mol. The fourth-order valence-corrected chi connectivity index (χ4v) is 2.48. The summed E-state index contributed by atoms with van der Waals surface area (Å²) in [5, 5.41) is 2.86. The Balaban J connectivity index is 1.88. The van der Waals surface area contributed by atoms with Gasteiger partial charge in [-0.05, 0) is 43.2 Å². The maximum atomic E-state index is 12.2. The Morgan fingerprint density at radius 1 is 1.12 bits per heavy atom. The van der Waals surface area contributed by atoms with Crippen LogP contribution in [0, 0.1) is 6.92 Å². The number of methoxy groups -OCH3 is 1. The fourth-order valence-electron chi connectivity index (χ4n) is 2.48. The summed E-state index contributed by atoms with van der Waals surface area (Å²) in [7, 11) is 1.63. The average Bonchev–Trinajstić information content (AvgIpc) is 2.60. The van der Waals surface area contributed by atoms with Crippen LogP contribution in [0.3, 0.4) is 0 Å². The van der Waals surface area contributed by atoms with E-state index in [1.165, 1.54) is 11.8 Å². The number of hydrogen-bond donors (Lipinski definition) is 1. The van der Waals surface area contributed by atoms with Gasteiger partial charge in [0.15, 0.2) is 0 Å². The van der Waals surface area contributed by atoms with Crippen molar-refractivity contribution < 1.29 is 14.3 Å². The summed E-state index contributed by atoms with van der Waals surface area (Å²) < 4.78 is 5.19. The Hall–Kier alpha value is -2.82. The molecule has 0 atom stereocenters. The van der Waals surface area contributed by atoms with Gasteiger partial charge in [0.1, 0.15) is 12.3 Å². The SMILES string of the molecule is COc1cccc(CCNC(=O)CN(C(C)=O)c2ccc(C)cc2)c1. The predicted octanol–water partition coefficient (Wildman–Crippen LogP) is 2.72. The van der Waals surface area contributed by atoms with Crippen LogP contribution >= 0.6 is 0 Å². The van der Waals surface area contributed by atoms with Crippen molar-refractivity contribution in [3.05, 3.63) is 59.7 Å². The number of hydrogen-bond acceptors (Lipinski definition) is 3. The van der Waals surface area contributed by atoms with Gasteiger partial charge in [-0.15, -0.1) is 0 Å². The maximum absolute atomic E-state index is 12.2. The first-order chi connectivity index (χ1) is 12.0. The Bertz CT molecular complexity index is 726. The van der Waals surface area contributed by atoms with Gasteiger partial charge in [0.2, 0.25) is 11.8 Å². The molecule has 0 aliphatic carbocycles. The van der Waals surface area contributed by atoms with E-state index in [0.29, 0.717) is 13.0 Å². The van der Waals surface area contributed by atoms with Crippen LogP contribution in [0.4, 0.5) is 5.69 Å². The summed E-state index contributed by atoms with van der Waals surface area (Å²) in [6.45, 7) is 3.96. The van der Waals surface area contributed by atoms with Gasteiger partial charge in [-0.3, -0.25) is 9.59 Å². The number of anilines is 1. The number of ether oxygens (including phenoxy) is 1. The Morgan fingerprint density at radius 3 is 2.48 bits per heavy atom. The van der Waals surface area contributed by atoms with Crippen LogP contribution in [0.15, 0.2) is 48.5 Å². The number of carbonyl (C=O) groups excluding carboxylic acids is 2. The van der Waals surface area contributed by atoms with Gasteiger partial charge in [0, 0.05) is 19.2 Å². The third-order valence-corrected chi connectivity index (χ3v) is 3.90. The molecule has 2 aromatic rings. The highest BCUT2D eigenvalue weighted by atomic mass is 16.5. The summed E-state index contributed by atoms with van der Waals surface area (Å²) in [4.78, 5) is 25.5. The minimum Gasteiger partial charge on any atom is -0.497 e. The molecule has 2 aromatic carbocycles. The van der Waals surface area contributed by atoms with Crippen molar-refractivity contribution in [2.75, 3.05) is 25.1 Å². The number of aryl methyl sites for hydroxylation is 1. The topological polar surface area (TPSA) is 58.6 Å². The molecule has 0 aromatic heterocycles. The molecule has 5 heteroatoms. The van der Waals surface area contributed by atoms with E-state index < -0.39 is 0 Å². The largest absolute Gasteiger partial charge is 0.497 e. The molecule has 132 valence electrons. The van der Waals surface area contributed by atoms with Gasteiger partial charge in [0.25, 0.3) is 0 Å². The van der Waals surface area contributed by atoms with Crippen molar-refractivity contribution in [3.63, 3.8) is 0 Å². The van der Waals surface area contributed by atoms with Gasteiger partial charge in [-0.2, -0.15) is 0 Å². The first kappa shape index (κ1) is 18.5. The molecule has 2 rings (SSSR count). The van der Waals surface area contributed by atoms with E-state index >= 15 is 0 Å². The molecule has 0 fully saturated rings. The molecule has 0 aliphatic heterocycles. The quantitative estimate of drug-likeness (QED) is 0.843. The number of amides is 2. The smallest absolute Gasteiger partial charge is 0.240 e. The third kappa shape index (κ3) is 5.64. The van der Waals surface area contributed by atoms with Gasteiger partial charge in [0.05, 0.1) is 7.11 Å². The maximum Gasteiger partial charge on any atom is 0.240 e. The molecule has 0 spiro atoms. The fraction of sp³-hybridized carbons (Fsp3) is 0.300. The highest BCUT2D eigenvalue weighted by molar-refractivity contribution is 5.97. The highest BCUT2D eigenvalue weighted by Gasteiger charge is 2.15. The van der Waals surface area contributed by atoms with E-state index in [1.807, 2.05) is 55.5 Å². The number of rotatable bonds is 7. The zero-order valence-corrected chi connectivity index (χ0v) is 14.9. The predicted molar refractivity (Wildman–Crippen MR) is 98.9 cm³/mol. The van der Waals surface area contributed by atoms with Gasteiger partial charge >= 0.3 is 0 Å². The third-order valence-electron chi connectivity index (χ3n) is 3.90. The van der Waals surface area contributed by atoms with Crippen LogP contribution in [0.2, 0.25) is 0 Å². The molecule has 0 radical (unpaired) electrons. The van der Waals surface area contributed by atoms with Crippen molar-refractivity contribution in [2.45, 2.75) is 20.3 Å². The molecule has 0 saturated heterocycles. The van der Waals surface area contributed by atoms with Crippen LogP contribution in [-0.2, 0) is 16.0 Å². The second-order valence-electron chi connectivity index (χ2n) is 5.89. The van der Waals surface area contributed by atoms with E-state index in [-0.39, 0.29) is 18.4 Å². The van der Waals surface area contributed by atoms with Crippen LogP contribution in [0.1, 0.15) is 18.1 Å². The Labute approximate surface area is 148 Å². The minimum absolute atomic E-state index is 0.0104. The molecule has 5 nitrogen and oxygen atoms in total. The van der Waals surface area contributed by atoms with Crippen molar-refractivity contribution >= 4 is 17.5 Å². The van der Waals surface area contributed by atoms with Gasteiger partial charge in [-0.25, -0.2) is 0 Å². The van der Waals surface area contributed by atoms with E-state index in [1.54, 1.807) is 7.11 Å². The summed E-state index contributed by atoms with van der Waals surface area (Å²) >= 11 is 0. The van der Waals surface area contributed by atoms with Crippen molar-refractivity contribution in [2.24, 2.45) is 0 Å². The number of benzene rings is 2. The lowest BCUT2D eigenvalue weighted by Crippen LogP contribution is -2.40. The first-order valence-electron chi connectivity index (χ1n) is 8.24. The van der Waals surface area contributed by atoms with Gasteiger partial charge < -0.3 is 15.0 Å². The second-order valence-corrected chi connectivity index (χ2v) is 5.89. The van der Waals surface area contributed by atoms with Crippen molar-refractivity contribution in [1.82, 2.24) is 5.32 Å². The molecular weight excluding hydrogens is 316 g/mol. The highest BCUT2D eigenvalue weighted by Crippen LogP contribution is 2.15. The molecule has 2 amide bonds. The van der Waals surface area contributed by atoms with E-state index in [9.17, 15) is 9.59 Å². The lowest BCUT2D eigenvalue weighted by Gasteiger charge is -2.21. The standard InChI is InChI=1S/C20H24N2O3/c1-15-7-9-18(10-8-15)22(16(2)23)14-20(24)21-12-11-17-5-4-6-19(13-17)25-3/h4-10,13H,11-12,14H2,1-3H3,(H,21,24). The molecule has 0 saturated carbocycles. The van der Waals surface area contributed by atoms with Crippen LogP contribution in [0.5, 0.6) is 5.75 Å². The molecule has 0 bridgehead atoms. The summed E-state index contributed by atoms with van der Waals surface area (Å²) in [5.41, 5.74) is 2.91. The Morgan fingerprint density at radius 2 is 1.84 bits per heavy atom. The van der Waals surface area contributed by atoms with Gasteiger partial charge in [-0.1, -0.05) is 29.8 Å². The minimum atomic E-state index is -0.182.